The van der Waals surface area contributed by atoms with Crippen LogP contribution in [-0.2, 0) is 16.1 Å². The van der Waals surface area contributed by atoms with Crippen LogP contribution in [-0.4, -0.2) is 41.0 Å². The number of hydrogen-bond donors (Lipinski definition) is 3. The molecule has 1 heterocycles. The van der Waals surface area contributed by atoms with Crippen LogP contribution in [0.5, 0.6) is 0 Å². The molecular weight excluding hydrogens is 294 g/mol. The van der Waals surface area contributed by atoms with Crippen LogP contribution in [0.4, 0.5) is 0 Å². The first kappa shape index (κ1) is 15.7. The van der Waals surface area contributed by atoms with Crippen molar-refractivity contribution in [2.45, 2.75) is 24.9 Å². The molecule has 5 heteroatoms. The summed E-state index contributed by atoms with van der Waals surface area (Å²) in [5.41, 5.74) is 3.26. The van der Waals surface area contributed by atoms with Crippen molar-refractivity contribution in [1.29, 1.82) is 0 Å². The number of carboxylic acids is 1. The molecule has 0 bridgehead atoms. The minimum atomic E-state index is -1.06. The van der Waals surface area contributed by atoms with Gasteiger partial charge in [-0.05, 0) is 16.7 Å². The molecule has 0 saturated carbocycles. The Hall–Kier alpha value is -2.21. The molecule has 0 aliphatic carbocycles. The van der Waals surface area contributed by atoms with Gasteiger partial charge in [-0.15, -0.1) is 0 Å². The largest absolute Gasteiger partial charge is 0.480 e. The Morgan fingerprint density at radius 3 is 2.35 bits per heavy atom. The van der Waals surface area contributed by atoms with Crippen molar-refractivity contribution >= 4 is 5.97 Å². The molecule has 0 spiro atoms. The third kappa shape index (κ3) is 3.59. The van der Waals surface area contributed by atoms with Gasteiger partial charge in [0, 0.05) is 6.54 Å². The predicted molar refractivity (Wildman–Crippen MR) is 85.9 cm³/mol. The monoisotopic (exact) mass is 313 g/mol. The number of nitrogens with one attached hydrogen (secondary N) is 1. The number of hydrogen-bond acceptors (Lipinski definition) is 4. The van der Waals surface area contributed by atoms with Gasteiger partial charge in [0.2, 0.25) is 0 Å². The fourth-order valence-electron chi connectivity index (χ4n) is 2.72. The van der Waals surface area contributed by atoms with Crippen molar-refractivity contribution in [3.8, 4) is 11.1 Å². The number of aliphatic hydroxyl groups is 1. The van der Waals surface area contributed by atoms with Gasteiger partial charge in [-0.2, -0.15) is 0 Å². The summed E-state index contributed by atoms with van der Waals surface area (Å²) in [7, 11) is 0. The van der Waals surface area contributed by atoms with Crippen LogP contribution in [0.3, 0.4) is 0 Å². The number of rotatable bonds is 5. The smallest absolute Gasteiger partial charge is 0.323 e. The van der Waals surface area contributed by atoms with Gasteiger partial charge in [0.15, 0.2) is 0 Å². The third-order valence-corrected chi connectivity index (χ3v) is 4.05. The minimum absolute atomic E-state index is 0.334. The van der Waals surface area contributed by atoms with E-state index in [1.807, 2.05) is 42.5 Å². The van der Waals surface area contributed by atoms with Crippen LogP contribution in [0.2, 0.25) is 0 Å². The van der Waals surface area contributed by atoms with Crippen molar-refractivity contribution in [1.82, 2.24) is 5.32 Å². The number of benzene rings is 2. The summed E-state index contributed by atoms with van der Waals surface area (Å²) in [6.45, 7) is 0.672. The van der Waals surface area contributed by atoms with Gasteiger partial charge < -0.3 is 14.9 Å². The highest BCUT2D eigenvalue weighted by atomic mass is 16.5. The Labute approximate surface area is 134 Å². The first-order valence-electron chi connectivity index (χ1n) is 7.55. The summed E-state index contributed by atoms with van der Waals surface area (Å²) in [5.74, 6) is -1.06. The summed E-state index contributed by atoms with van der Waals surface area (Å²) in [4.78, 5) is 10.9. The maximum Gasteiger partial charge on any atom is 0.323 e. The summed E-state index contributed by atoms with van der Waals surface area (Å²) >= 11 is 0. The average Bonchev–Trinajstić information content (AvgIpc) is 2.95. The van der Waals surface area contributed by atoms with E-state index in [0.717, 1.165) is 16.7 Å². The van der Waals surface area contributed by atoms with Gasteiger partial charge in [-0.1, -0.05) is 54.6 Å². The first-order chi connectivity index (χ1) is 11.1. The van der Waals surface area contributed by atoms with E-state index in [-0.39, 0.29) is 0 Å². The van der Waals surface area contributed by atoms with Crippen LogP contribution >= 0.6 is 0 Å². The SMILES string of the molecule is O=C(O)[C@@H]1NC[C@H](OCc2ccc(-c3ccccc3)cc2)[C@H]1O. The normalized spacial score (nSPS) is 23.8. The standard InChI is InChI=1S/C18H19NO4/c20-17-15(10-19-16(17)18(21)22)23-11-12-6-8-14(9-7-12)13-4-2-1-3-5-13/h1-9,15-17,19-20H,10-11H2,(H,21,22)/t15-,16+,17+/m0/s1. The van der Waals surface area contributed by atoms with E-state index < -0.39 is 24.2 Å². The van der Waals surface area contributed by atoms with Gasteiger partial charge in [0.05, 0.1) is 12.7 Å². The molecule has 3 N–H and O–H groups in total. The first-order valence-corrected chi connectivity index (χ1v) is 7.55. The predicted octanol–water partition coefficient (Wildman–Crippen LogP) is 1.66. The molecule has 0 amide bonds. The fraction of sp³-hybridized carbons (Fsp3) is 0.278. The lowest BCUT2D eigenvalue weighted by molar-refractivity contribution is -0.142. The Kier molecular flexibility index (Phi) is 4.71. The topological polar surface area (TPSA) is 78.8 Å². The van der Waals surface area contributed by atoms with Crippen molar-refractivity contribution < 1.29 is 19.7 Å². The van der Waals surface area contributed by atoms with Crippen molar-refractivity contribution in [2.75, 3.05) is 6.54 Å². The number of aliphatic carboxylic acids is 1. The van der Waals surface area contributed by atoms with Crippen molar-refractivity contribution in [3.05, 3.63) is 60.2 Å². The zero-order valence-corrected chi connectivity index (χ0v) is 12.6. The van der Waals surface area contributed by atoms with Crippen molar-refractivity contribution in [3.63, 3.8) is 0 Å². The van der Waals surface area contributed by atoms with E-state index in [1.165, 1.54) is 0 Å². The summed E-state index contributed by atoms with van der Waals surface area (Å²) in [6, 6.07) is 17.1. The second-order valence-corrected chi connectivity index (χ2v) is 5.63. The minimum Gasteiger partial charge on any atom is -0.480 e. The lowest BCUT2D eigenvalue weighted by Crippen LogP contribution is -2.40. The van der Waals surface area contributed by atoms with E-state index in [0.29, 0.717) is 13.2 Å². The van der Waals surface area contributed by atoms with Crippen LogP contribution in [0.1, 0.15) is 5.56 Å². The third-order valence-electron chi connectivity index (χ3n) is 4.05. The van der Waals surface area contributed by atoms with Gasteiger partial charge in [0.25, 0.3) is 0 Å². The van der Waals surface area contributed by atoms with E-state index in [9.17, 15) is 9.90 Å². The number of ether oxygens (including phenoxy) is 1. The molecule has 1 aliphatic heterocycles. The molecule has 5 nitrogen and oxygen atoms in total. The van der Waals surface area contributed by atoms with Gasteiger partial charge in [-0.3, -0.25) is 10.1 Å². The molecule has 0 aromatic heterocycles. The zero-order valence-electron chi connectivity index (χ0n) is 12.6. The Bertz CT molecular complexity index is 656. The van der Waals surface area contributed by atoms with E-state index in [1.54, 1.807) is 0 Å². The summed E-state index contributed by atoms with van der Waals surface area (Å²) < 4.78 is 5.65. The zero-order chi connectivity index (χ0) is 16.2. The van der Waals surface area contributed by atoms with Crippen LogP contribution in [0, 0.1) is 0 Å². The van der Waals surface area contributed by atoms with E-state index >= 15 is 0 Å². The number of carbonyl (C=O) groups is 1. The molecule has 23 heavy (non-hydrogen) atoms. The van der Waals surface area contributed by atoms with Gasteiger partial charge in [0.1, 0.15) is 12.1 Å². The molecule has 1 fully saturated rings. The number of aliphatic hydroxyl groups excluding tert-OH is 1. The maximum atomic E-state index is 10.9. The lowest BCUT2D eigenvalue weighted by Gasteiger charge is -2.16. The van der Waals surface area contributed by atoms with E-state index in [2.05, 4.69) is 17.4 Å². The highest BCUT2D eigenvalue weighted by Crippen LogP contribution is 2.20. The molecule has 3 atom stereocenters. The molecule has 0 radical (unpaired) electrons. The second kappa shape index (κ2) is 6.91. The maximum absolute atomic E-state index is 10.9. The quantitative estimate of drug-likeness (QED) is 0.782. The van der Waals surface area contributed by atoms with Gasteiger partial charge >= 0.3 is 5.97 Å². The molecule has 1 saturated heterocycles. The lowest BCUT2D eigenvalue weighted by atomic mass is 10.0. The molecule has 2 aromatic rings. The molecular formula is C18H19NO4. The van der Waals surface area contributed by atoms with Gasteiger partial charge in [-0.25, -0.2) is 0 Å². The Morgan fingerprint density at radius 1 is 1.09 bits per heavy atom. The Morgan fingerprint density at radius 2 is 1.74 bits per heavy atom. The highest BCUT2D eigenvalue weighted by molar-refractivity contribution is 5.75. The van der Waals surface area contributed by atoms with Crippen LogP contribution in [0.15, 0.2) is 54.6 Å². The molecule has 3 rings (SSSR count). The summed E-state index contributed by atoms with van der Waals surface area (Å²) in [6.07, 6.45) is -1.54. The highest BCUT2D eigenvalue weighted by Gasteiger charge is 2.39. The van der Waals surface area contributed by atoms with Crippen LogP contribution in [0.25, 0.3) is 11.1 Å². The summed E-state index contributed by atoms with van der Waals surface area (Å²) in [5, 5.41) is 21.6. The van der Waals surface area contributed by atoms with E-state index in [4.69, 9.17) is 9.84 Å². The Balaban J connectivity index is 1.58. The average molecular weight is 313 g/mol. The van der Waals surface area contributed by atoms with Crippen molar-refractivity contribution in [2.24, 2.45) is 0 Å². The molecule has 120 valence electrons. The molecule has 2 aromatic carbocycles. The fourth-order valence-corrected chi connectivity index (χ4v) is 2.72. The molecule has 1 aliphatic rings. The second-order valence-electron chi connectivity index (χ2n) is 5.63. The number of carboxylic acid groups (broad SMARTS) is 1. The molecule has 0 unspecified atom stereocenters. The van der Waals surface area contributed by atoms with Crippen LogP contribution < -0.4 is 5.32 Å².